The van der Waals surface area contributed by atoms with E-state index >= 15 is 0 Å². The topological polar surface area (TPSA) is 83.2 Å². The number of aromatic carboxylic acids is 1. The van der Waals surface area contributed by atoms with Crippen LogP contribution in [0.2, 0.25) is 0 Å². The second kappa shape index (κ2) is 8.26. The van der Waals surface area contributed by atoms with Crippen molar-refractivity contribution >= 4 is 17.4 Å². The molecule has 146 valence electrons. The van der Waals surface area contributed by atoms with Crippen LogP contribution in [-0.2, 0) is 0 Å². The molecule has 1 aliphatic heterocycles. The molecule has 0 spiro atoms. The Labute approximate surface area is 163 Å². The summed E-state index contributed by atoms with van der Waals surface area (Å²) in [5.74, 6) is 0.764. The minimum absolute atomic E-state index is 0.270. The standard InChI is InChI=1S/C20H23N5O3/c26-20(27)16-2-4-17(5-3-16)28-15-1-9-23-11-13-24(14-12-23)19-7-6-18-21-8-10-25(18)22-19/h2-8,10H,1,9,11-15H2,(H,26,27). The Bertz CT molecular complexity index is 932. The van der Waals surface area contributed by atoms with Gasteiger partial charge in [-0.1, -0.05) is 0 Å². The first-order chi connectivity index (χ1) is 13.7. The quantitative estimate of drug-likeness (QED) is 0.627. The Hall–Kier alpha value is -3.13. The molecule has 0 saturated carbocycles. The molecule has 1 fully saturated rings. The van der Waals surface area contributed by atoms with Gasteiger partial charge in [-0.15, -0.1) is 5.10 Å². The summed E-state index contributed by atoms with van der Waals surface area (Å²) in [4.78, 5) is 19.8. The van der Waals surface area contributed by atoms with Crippen LogP contribution in [-0.4, -0.2) is 69.9 Å². The molecule has 1 aliphatic rings. The lowest BCUT2D eigenvalue weighted by Gasteiger charge is -2.35. The molecule has 4 rings (SSSR count). The molecule has 0 bridgehead atoms. The fourth-order valence-corrected chi connectivity index (χ4v) is 3.35. The van der Waals surface area contributed by atoms with Gasteiger partial charge in [0.15, 0.2) is 5.65 Å². The first-order valence-electron chi connectivity index (χ1n) is 9.43. The molecule has 8 heteroatoms. The van der Waals surface area contributed by atoms with E-state index in [4.69, 9.17) is 9.84 Å². The maximum Gasteiger partial charge on any atom is 0.335 e. The van der Waals surface area contributed by atoms with Gasteiger partial charge in [0.05, 0.1) is 12.2 Å². The predicted molar refractivity (Wildman–Crippen MR) is 105 cm³/mol. The Morgan fingerprint density at radius 2 is 1.86 bits per heavy atom. The van der Waals surface area contributed by atoms with Gasteiger partial charge in [0.25, 0.3) is 0 Å². The zero-order chi connectivity index (χ0) is 19.3. The maximum atomic E-state index is 10.8. The van der Waals surface area contributed by atoms with Crippen molar-refractivity contribution in [2.45, 2.75) is 6.42 Å². The molecule has 0 unspecified atom stereocenters. The van der Waals surface area contributed by atoms with Gasteiger partial charge < -0.3 is 14.7 Å². The van der Waals surface area contributed by atoms with E-state index in [1.807, 2.05) is 22.8 Å². The van der Waals surface area contributed by atoms with Crippen LogP contribution in [0.15, 0.2) is 48.8 Å². The van der Waals surface area contributed by atoms with E-state index in [-0.39, 0.29) is 5.56 Å². The van der Waals surface area contributed by atoms with E-state index in [0.717, 1.165) is 50.6 Å². The number of carboxylic acids is 1. The number of hydrogen-bond acceptors (Lipinski definition) is 6. The third-order valence-electron chi connectivity index (χ3n) is 4.93. The number of aromatic nitrogens is 3. The molecule has 1 N–H and O–H groups in total. The van der Waals surface area contributed by atoms with Gasteiger partial charge in [-0.3, -0.25) is 4.90 Å². The highest BCUT2D eigenvalue weighted by molar-refractivity contribution is 5.87. The molecular formula is C20H23N5O3. The smallest absolute Gasteiger partial charge is 0.335 e. The summed E-state index contributed by atoms with van der Waals surface area (Å²) in [7, 11) is 0. The molecule has 2 aromatic heterocycles. The number of carbonyl (C=O) groups is 1. The number of fused-ring (bicyclic) bond motifs is 1. The number of rotatable bonds is 7. The summed E-state index contributed by atoms with van der Waals surface area (Å²) in [5, 5.41) is 13.5. The Morgan fingerprint density at radius 1 is 1.07 bits per heavy atom. The summed E-state index contributed by atoms with van der Waals surface area (Å²) in [6.45, 7) is 5.49. The summed E-state index contributed by atoms with van der Waals surface area (Å²) < 4.78 is 7.51. The molecule has 0 aliphatic carbocycles. The van der Waals surface area contributed by atoms with Gasteiger partial charge in [0.1, 0.15) is 11.6 Å². The van der Waals surface area contributed by atoms with Gasteiger partial charge in [-0.25, -0.2) is 14.3 Å². The lowest BCUT2D eigenvalue weighted by Crippen LogP contribution is -2.47. The Morgan fingerprint density at radius 3 is 2.61 bits per heavy atom. The predicted octanol–water partition coefficient (Wildman–Crippen LogP) is 2.02. The number of imidazole rings is 1. The van der Waals surface area contributed by atoms with Crippen molar-refractivity contribution in [3.63, 3.8) is 0 Å². The van der Waals surface area contributed by atoms with Crippen LogP contribution < -0.4 is 9.64 Å². The monoisotopic (exact) mass is 381 g/mol. The lowest BCUT2D eigenvalue weighted by molar-refractivity contribution is 0.0697. The molecule has 1 aromatic carbocycles. The lowest BCUT2D eigenvalue weighted by atomic mass is 10.2. The van der Waals surface area contributed by atoms with Crippen molar-refractivity contribution in [1.29, 1.82) is 0 Å². The minimum Gasteiger partial charge on any atom is -0.494 e. The third kappa shape index (κ3) is 4.23. The van der Waals surface area contributed by atoms with Gasteiger partial charge in [-0.05, 0) is 42.8 Å². The highest BCUT2D eigenvalue weighted by Crippen LogP contribution is 2.15. The molecule has 0 atom stereocenters. The fourth-order valence-electron chi connectivity index (χ4n) is 3.35. The van der Waals surface area contributed by atoms with Crippen LogP contribution >= 0.6 is 0 Å². The highest BCUT2D eigenvalue weighted by atomic mass is 16.5. The van der Waals surface area contributed by atoms with Crippen LogP contribution in [0.3, 0.4) is 0 Å². The molecule has 8 nitrogen and oxygen atoms in total. The Kier molecular flexibility index (Phi) is 5.38. The van der Waals surface area contributed by atoms with E-state index in [1.165, 1.54) is 0 Å². The SMILES string of the molecule is O=C(O)c1ccc(OCCCN2CCN(c3ccc4nccn4n3)CC2)cc1. The molecule has 3 aromatic rings. The summed E-state index contributed by atoms with van der Waals surface area (Å²) in [6, 6.07) is 10.5. The first kappa shape index (κ1) is 18.2. The number of carboxylic acid groups (broad SMARTS) is 1. The molecule has 3 heterocycles. The van der Waals surface area contributed by atoms with Crippen LogP contribution in [0.25, 0.3) is 5.65 Å². The average Bonchev–Trinajstić information content (AvgIpc) is 3.20. The molecule has 28 heavy (non-hydrogen) atoms. The zero-order valence-electron chi connectivity index (χ0n) is 15.6. The van der Waals surface area contributed by atoms with Crippen molar-refractivity contribution in [3.8, 4) is 5.75 Å². The molecule has 0 radical (unpaired) electrons. The zero-order valence-corrected chi connectivity index (χ0v) is 15.6. The van der Waals surface area contributed by atoms with Gasteiger partial charge in [0, 0.05) is 45.1 Å². The second-order valence-electron chi connectivity index (χ2n) is 6.78. The first-order valence-corrected chi connectivity index (χ1v) is 9.43. The largest absolute Gasteiger partial charge is 0.494 e. The van der Waals surface area contributed by atoms with Gasteiger partial charge >= 0.3 is 5.97 Å². The normalized spacial score (nSPS) is 15.1. The Balaban J connectivity index is 1.19. The molecule has 0 amide bonds. The van der Waals surface area contributed by atoms with E-state index in [1.54, 1.807) is 30.5 Å². The average molecular weight is 381 g/mol. The number of anilines is 1. The summed E-state index contributed by atoms with van der Waals surface area (Å²) in [5.41, 5.74) is 1.13. The number of ether oxygens (including phenoxy) is 1. The van der Waals surface area contributed by atoms with Crippen molar-refractivity contribution < 1.29 is 14.6 Å². The highest BCUT2D eigenvalue weighted by Gasteiger charge is 2.18. The number of hydrogen-bond donors (Lipinski definition) is 1. The number of nitrogens with zero attached hydrogens (tertiary/aromatic N) is 5. The third-order valence-corrected chi connectivity index (χ3v) is 4.93. The van der Waals surface area contributed by atoms with Crippen LogP contribution in [0, 0.1) is 0 Å². The molecule has 1 saturated heterocycles. The number of piperazine rings is 1. The van der Waals surface area contributed by atoms with E-state index < -0.39 is 5.97 Å². The summed E-state index contributed by atoms with van der Waals surface area (Å²) >= 11 is 0. The van der Waals surface area contributed by atoms with Crippen molar-refractivity contribution in [1.82, 2.24) is 19.5 Å². The van der Waals surface area contributed by atoms with E-state index in [9.17, 15) is 4.79 Å². The van der Waals surface area contributed by atoms with E-state index in [2.05, 4.69) is 19.9 Å². The van der Waals surface area contributed by atoms with Crippen molar-refractivity contribution in [3.05, 3.63) is 54.4 Å². The van der Waals surface area contributed by atoms with Gasteiger partial charge in [0.2, 0.25) is 0 Å². The minimum atomic E-state index is -0.925. The van der Waals surface area contributed by atoms with Crippen LogP contribution in [0.4, 0.5) is 5.82 Å². The van der Waals surface area contributed by atoms with Crippen LogP contribution in [0.5, 0.6) is 5.75 Å². The van der Waals surface area contributed by atoms with Gasteiger partial charge in [-0.2, -0.15) is 0 Å². The van der Waals surface area contributed by atoms with Crippen molar-refractivity contribution in [2.75, 3.05) is 44.2 Å². The van der Waals surface area contributed by atoms with Crippen LogP contribution in [0.1, 0.15) is 16.8 Å². The maximum absolute atomic E-state index is 10.8. The molecular weight excluding hydrogens is 358 g/mol. The second-order valence-corrected chi connectivity index (χ2v) is 6.78. The fraction of sp³-hybridized carbons (Fsp3) is 0.350. The summed E-state index contributed by atoms with van der Waals surface area (Å²) in [6.07, 6.45) is 4.55. The number of benzene rings is 1. The van der Waals surface area contributed by atoms with E-state index in [0.29, 0.717) is 12.4 Å². The van der Waals surface area contributed by atoms with Crippen molar-refractivity contribution in [2.24, 2.45) is 0 Å².